The zero-order valence-corrected chi connectivity index (χ0v) is 18.8. The molecule has 1 spiro atoms. The predicted molar refractivity (Wildman–Crippen MR) is 122 cm³/mol. The lowest BCUT2D eigenvalue weighted by molar-refractivity contribution is -0.152. The van der Waals surface area contributed by atoms with Gasteiger partial charge in [-0.3, -0.25) is 14.6 Å². The SMILES string of the molecule is COC(=O)[C@H]1CC2(CCN(Cc3ccccc3)CC2)CCN1Cc1ccc(OC)cc1. The second-order valence-electron chi connectivity index (χ2n) is 9.07. The number of hydrogen-bond acceptors (Lipinski definition) is 5. The molecule has 2 heterocycles. The number of carbonyl (C=O) groups excluding carboxylic acids is 1. The molecule has 0 bridgehead atoms. The number of nitrogens with zero attached hydrogens (tertiary/aromatic N) is 2. The standard InChI is InChI=1S/C26H34N2O3/c1-30-23-10-8-22(9-11-23)20-28-17-14-26(18-24(28)25(29)31-2)12-15-27(16-13-26)19-21-6-4-3-5-7-21/h3-11,24H,12-20H2,1-2H3/t24-/m1/s1. The Kier molecular flexibility index (Phi) is 6.93. The van der Waals surface area contributed by atoms with E-state index in [0.29, 0.717) is 0 Å². The molecule has 2 aromatic carbocycles. The molecule has 0 radical (unpaired) electrons. The highest BCUT2D eigenvalue weighted by Gasteiger charge is 2.44. The first-order valence-electron chi connectivity index (χ1n) is 11.3. The van der Waals surface area contributed by atoms with E-state index in [0.717, 1.165) is 64.2 Å². The third kappa shape index (κ3) is 5.28. The van der Waals surface area contributed by atoms with E-state index < -0.39 is 0 Å². The van der Waals surface area contributed by atoms with E-state index in [4.69, 9.17) is 9.47 Å². The van der Waals surface area contributed by atoms with Gasteiger partial charge in [0.1, 0.15) is 11.8 Å². The normalized spacial score (nSPS) is 21.7. The molecule has 2 aliphatic rings. The summed E-state index contributed by atoms with van der Waals surface area (Å²) in [4.78, 5) is 17.6. The van der Waals surface area contributed by atoms with Gasteiger partial charge in [-0.15, -0.1) is 0 Å². The number of carbonyl (C=O) groups is 1. The molecule has 2 saturated heterocycles. The fourth-order valence-electron chi connectivity index (χ4n) is 5.18. The molecule has 5 heteroatoms. The molecule has 0 unspecified atom stereocenters. The molecule has 5 nitrogen and oxygen atoms in total. The first-order valence-corrected chi connectivity index (χ1v) is 11.3. The number of methoxy groups -OCH3 is 2. The van der Waals surface area contributed by atoms with Crippen molar-refractivity contribution < 1.29 is 14.3 Å². The average Bonchev–Trinajstić information content (AvgIpc) is 2.82. The molecule has 0 N–H and O–H groups in total. The van der Waals surface area contributed by atoms with Gasteiger partial charge in [0.05, 0.1) is 14.2 Å². The Labute approximate surface area is 185 Å². The van der Waals surface area contributed by atoms with Gasteiger partial charge < -0.3 is 9.47 Å². The van der Waals surface area contributed by atoms with Gasteiger partial charge in [-0.1, -0.05) is 42.5 Å². The highest BCUT2D eigenvalue weighted by atomic mass is 16.5. The van der Waals surface area contributed by atoms with Crippen molar-refractivity contribution in [1.29, 1.82) is 0 Å². The molecule has 4 rings (SSSR count). The van der Waals surface area contributed by atoms with E-state index in [1.54, 1.807) is 7.11 Å². The van der Waals surface area contributed by atoms with Crippen molar-refractivity contribution in [1.82, 2.24) is 9.80 Å². The zero-order valence-electron chi connectivity index (χ0n) is 18.8. The molecule has 0 saturated carbocycles. The molecular weight excluding hydrogens is 388 g/mol. The van der Waals surface area contributed by atoms with Crippen molar-refractivity contribution in [3.63, 3.8) is 0 Å². The number of ether oxygens (including phenoxy) is 2. The molecule has 2 fully saturated rings. The van der Waals surface area contributed by atoms with Crippen LogP contribution >= 0.6 is 0 Å². The van der Waals surface area contributed by atoms with E-state index in [9.17, 15) is 4.79 Å². The minimum atomic E-state index is -0.165. The van der Waals surface area contributed by atoms with Crippen LogP contribution in [-0.4, -0.2) is 55.7 Å². The number of benzene rings is 2. The van der Waals surface area contributed by atoms with Gasteiger partial charge in [0.15, 0.2) is 0 Å². The molecule has 2 aromatic rings. The van der Waals surface area contributed by atoms with E-state index in [1.165, 1.54) is 18.2 Å². The summed E-state index contributed by atoms with van der Waals surface area (Å²) >= 11 is 0. The molecule has 2 aliphatic heterocycles. The predicted octanol–water partition coefficient (Wildman–Crippen LogP) is 4.12. The Morgan fingerprint density at radius 1 is 0.903 bits per heavy atom. The highest BCUT2D eigenvalue weighted by molar-refractivity contribution is 5.76. The lowest BCUT2D eigenvalue weighted by Gasteiger charge is -2.49. The van der Waals surface area contributed by atoms with E-state index in [2.05, 4.69) is 52.3 Å². The van der Waals surface area contributed by atoms with Crippen molar-refractivity contribution in [3.05, 3.63) is 65.7 Å². The fourth-order valence-corrected chi connectivity index (χ4v) is 5.18. The monoisotopic (exact) mass is 422 g/mol. The highest BCUT2D eigenvalue weighted by Crippen LogP contribution is 2.44. The van der Waals surface area contributed by atoms with Gasteiger partial charge in [-0.2, -0.15) is 0 Å². The quantitative estimate of drug-likeness (QED) is 0.655. The van der Waals surface area contributed by atoms with Crippen LogP contribution in [0.2, 0.25) is 0 Å². The maximum absolute atomic E-state index is 12.7. The molecule has 0 amide bonds. The molecule has 0 aromatic heterocycles. The number of esters is 1. The minimum absolute atomic E-state index is 0.0979. The Bertz CT molecular complexity index is 845. The third-order valence-electron chi connectivity index (χ3n) is 7.18. The summed E-state index contributed by atoms with van der Waals surface area (Å²) in [7, 11) is 3.19. The van der Waals surface area contributed by atoms with Crippen LogP contribution in [0.4, 0.5) is 0 Å². The molecular formula is C26H34N2O3. The van der Waals surface area contributed by atoms with Crippen LogP contribution in [0.25, 0.3) is 0 Å². The molecule has 1 atom stereocenters. The maximum atomic E-state index is 12.7. The first kappa shape index (κ1) is 21.8. The number of likely N-dealkylation sites (tertiary alicyclic amines) is 2. The first-order chi connectivity index (χ1) is 15.1. The van der Waals surface area contributed by atoms with Gasteiger partial charge in [-0.25, -0.2) is 0 Å². The Morgan fingerprint density at radius 2 is 1.55 bits per heavy atom. The summed E-state index contributed by atoms with van der Waals surface area (Å²) in [6.07, 6.45) is 4.36. The van der Waals surface area contributed by atoms with Crippen molar-refractivity contribution in [2.75, 3.05) is 33.9 Å². The van der Waals surface area contributed by atoms with Crippen LogP contribution in [0.3, 0.4) is 0 Å². The minimum Gasteiger partial charge on any atom is -0.497 e. The van der Waals surface area contributed by atoms with Crippen LogP contribution in [0.5, 0.6) is 5.75 Å². The molecule has 0 aliphatic carbocycles. The van der Waals surface area contributed by atoms with Crippen molar-refractivity contribution in [2.24, 2.45) is 5.41 Å². The van der Waals surface area contributed by atoms with Crippen LogP contribution in [-0.2, 0) is 22.6 Å². The van der Waals surface area contributed by atoms with Crippen molar-refractivity contribution in [2.45, 2.75) is 44.8 Å². The van der Waals surface area contributed by atoms with E-state index in [1.807, 2.05) is 12.1 Å². The Balaban J connectivity index is 1.38. The van der Waals surface area contributed by atoms with Crippen LogP contribution in [0.1, 0.15) is 36.8 Å². The maximum Gasteiger partial charge on any atom is 0.323 e. The summed E-state index contributed by atoms with van der Waals surface area (Å²) < 4.78 is 10.5. The van der Waals surface area contributed by atoms with Gasteiger partial charge >= 0.3 is 5.97 Å². The van der Waals surface area contributed by atoms with E-state index in [-0.39, 0.29) is 17.4 Å². The van der Waals surface area contributed by atoms with Gasteiger partial charge in [0.25, 0.3) is 0 Å². The zero-order chi connectivity index (χ0) is 21.7. The van der Waals surface area contributed by atoms with Crippen LogP contribution in [0.15, 0.2) is 54.6 Å². The summed E-state index contributed by atoms with van der Waals surface area (Å²) in [5.41, 5.74) is 2.83. The second kappa shape index (κ2) is 9.84. The lowest BCUT2D eigenvalue weighted by Crippen LogP contribution is -2.53. The number of rotatable bonds is 6. The lowest BCUT2D eigenvalue weighted by atomic mass is 9.68. The number of hydrogen-bond donors (Lipinski definition) is 0. The summed E-state index contributed by atoms with van der Waals surface area (Å²) in [6, 6.07) is 18.7. The van der Waals surface area contributed by atoms with Crippen LogP contribution in [0, 0.1) is 5.41 Å². The summed E-state index contributed by atoms with van der Waals surface area (Å²) in [5.74, 6) is 0.757. The third-order valence-corrected chi connectivity index (χ3v) is 7.18. The van der Waals surface area contributed by atoms with Crippen molar-refractivity contribution in [3.8, 4) is 5.75 Å². The average molecular weight is 423 g/mol. The summed E-state index contributed by atoms with van der Waals surface area (Å²) in [6.45, 7) is 4.91. The van der Waals surface area contributed by atoms with Crippen molar-refractivity contribution >= 4 is 5.97 Å². The van der Waals surface area contributed by atoms with Gasteiger partial charge in [-0.05, 0) is 74.0 Å². The Hall–Kier alpha value is -2.37. The van der Waals surface area contributed by atoms with Gasteiger partial charge in [0.2, 0.25) is 0 Å². The molecule has 31 heavy (non-hydrogen) atoms. The summed E-state index contributed by atoms with van der Waals surface area (Å²) in [5, 5.41) is 0. The smallest absolute Gasteiger partial charge is 0.323 e. The Morgan fingerprint density at radius 3 is 2.19 bits per heavy atom. The second-order valence-corrected chi connectivity index (χ2v) is 9.07. The molecule has 166 valence electrons. The van der Waals surface area contributed by atoms with Gasteiger partial charge in [0, 0.05) is 13.1 Å². The largest absolute Gasteiger partial charge is 0.497 e. The van der Waals surface area contributed by atoms with Crippen LogP contribution < -0.4 is 4.74 Å². The topological polar surface area (TPSA) is 42.0 Å². The number of piperidine rings is 2. The fraction of sp³-hybridized carbons (Fsp3) is 0.500. The van der Waals surface area contributed by atoms with E-state index >= 15 is 0 Å².